The predicted octanol–water partition coefficient (Wildman–Crippen LogP) is 1.99. The number of anilines is 1. The lowest BCUT2D eigenvalue weighted by atomic mass is 10.2. The van der Waals surface area contributed by atoms with Crippen LogP contribution in [0.1, 0.15) is 25.1 Å². The van der Waals surface area contributed by atoms with Crippen LogP contribution >= 0.6 is 0 Å². The van der Waals surface area contributed by atoms with Gasteiger partial charge in [-0.05, 0) is 33.9 Å². The Morgan fingerprint density at radius 3 is 2.29 bits per heavy atom. The van der Waals surface area contributed by atoms with E-state index in [1.165, 1.54) is 11.3 Å². The number of ether oxygens (including phenoxy) is 2. The number of rotatable bonds is 11. The van der Waals surface area contributed by atoms with E-state index in [1.54, 1.807) is 0 Å². The lowest BCUT2D eigenvalue weighted by molar-refractivity contribution is 0.141. The van der Waals surface area contributed by atoms with Gasteiger partial charge in [-0.3, -0.25) is 4.98 Å². The molecule has 0 saturated heterocycles. The number of aromatic nitrogens is 1. The summed E-state index contributed by atoms with van der Waals surface area (Å²) in [6, 6.07) is 2.14. The molecule has 0 atom stereocenters. The molecule has 1 heterocycles. The fourth-order valence-corrected chi connectivity index (χ4v) is 2.19. The molecule has 0 amide bonds. The van der Waals surface area contributed by atoms with Gasteiger partial charge in [0.1, 0.15) is 0 Å². The molecule has 0 unspecified atom stereocenters. The maximum atomic E-state index is 5.51. The van der Waals surface area contributed by atoms with Crippen LogP contribution in [0.4, 0.5) is 5.69 Å². The van der Waals surface area contributed by atoms with Crippen molar-refractivity contribution in [3.05, 3.63) is 23.5 Å². The summed E-state index contributed by atoms with van der Waals surface area (Å²) in [6.45, 7) is 11.5. The molecule has 1 rings (SSSR count). The molecule has 0 aliphatic rings. The van der Waals surface area contributed by atoms with E-state index in [4.69, 9.17) is 9.47 Å². The molecule has 0 fully saturated rings. The monoisotopic (exact) mass is 295 g/mol. The second kappa shape index (κ2) is 10.5. The molecule has 1 aromatic heterocycles. The van der Waals surface area contributed by atoms with Crippen molar-refractivity contribution in [3.8, 4) is 0 Å². The van der Waals surface area contributed by atoms with Crippen LogP contribution in [-0.4, -0.2) is 51.5 Å². The van der Waals surface area contributed by atoms with Crippen molar-refractivity contribution >= 4 is 5.69 Å². The standard InChI is InChI=1S/C16H29N3O2/c1-5-20-9-7-19(8-10-21-6-2)16-11-14(3)18-13-15(16)12-17-4/h11,13,17H,5-10,12H2,1-4H3. The molecule has 1 N–H and O–H groups in total. The van der Waals surface area contributed by atoms with Gasteiger partial charge in [0.15, 0.2) is 0 Å². The minimum atomic E-state index is 0.725. The molecule has 21 heavy (non-hydrogen) atoms. The molecular weight excluding hydrogens is 266 g/mol. The molecule has 5 nitrogen and oxygen atoms in total. The van der Waals surface area contributed by atoms with E-state index < -0.39 is 0 Å². The van der Waals surface area contributed by atoms with Gasteiger partial charge >= 0.3 is 0 Å². The van der Waals surface area contributed by atoms with Gasteiger partial charge in [-0.25, -0.2) is 0 Å². The average molecular weight is 295 g/mol. The van der Waals surface area contributed by atoms with Gasteiger partial charge in [0.05, 0.1) is 13.2 Å². The van der Waals surface area contributed by atoms with Gasteiger partial charge < -0.3 is 19.7 Å². The van der Waals surface area contributed by atoms with Crippen LogP contribution < -0.4 is 10.2 Å². The van der Waals surface area contributed by atoms with Crippen molar-refractivity contribution in [2.75, 3.05) is 51.5 Å². The molecule has 5 heteroatoms. The Kier molecular flexibility index (Phi) is 8.98. The summed E-state index contributed by atoms with van der Waals surface area (Å²) >= 11 is 0. The Labute approximate surface area is 128 Å². The van der Waals surface area contributed by atoms with Crippen LogP contribution in [0.3, 0.4) is 0 Å². The fraction of sp³-hybridized carbons (Fsp3) is 0.688. The van der Waals surface area contributed by atoms with Crippen LogP contribution in [-0.2, 0) is 16.0 Å². The van der Waals surface area contributed by atoms with E-state index in [9.17, 15) is 0 Å². The molecule has 120 valence electrons. The molecule has 0 radical (unpaired) electrons. The van der Waals surface area contributed by atoms with Crippen molar-refractivity contribution < 1.29 is 9.47 Å². The summed E-state index contributed by atoms with van der Waals surface area (Å²) in [7, 11) is 1.95. The Hall–Kier alpha value is -1.17. The van der Waals surface area contributed by atoms with E-state index in [2.05, 4.69) is 21.3 Å². The van der Waals surface area contributed by atoms with Crippen LogP contribution in [0, 0.1) is 6.92 Å². The zero-order valence-corrected chi connectivity index (χ0v) is 13.8. The van der Waals surface area contributed by atoms with Gasteiger partial charge in [0.2, 0.25) is 0 Å². The smallest absolute Gasteiger partial charge is 0.0641 e. The van der Waals surface area contributed by atoms with E-state index in [0.29, 0.717) is 0 Å². The third-order valence-electron chi connectivity index (χ3n) is 3.23. The summed E-state index contributed by atoms with van der Waals surface area (Å²) in [5.41, 5.74) is 3.45. The normalized spacial score (nSPS) is 10.9. The molecule has 0 aliphatic heterocycles. The van der Waals surface area contributed by atoms with Gasteiger partial charge in [-0.1, -0.05) is 0 Å². The first kappa shape index (κ1) is 17.9. The first-order valence-corrected chi connectivity index (χ1v) is 7.73. The van der Waals surface area contributed by atoms with Crippen LogP contribution in [0.25, 0.3) is 0 Å². The number of hydrogen-bond donors (Lipinski definition) is 1. The van der Waals surface area contributed by atoms with Crippen molar-refractivity contribution in [1.29, 1.82) is 0 Å². The Bertz CT molecular complexity index is 389. The van der Waals surface area contributed by atoms with Crippen molar-refractivity contribution in [2.24, 2.45) is 0 Å². The fourth-order valence-electron chi connectivity index (χ4n) is 2.19. The third kappa shape index (κ3) is 6.42. The minimum Gasteiger partial charge on any atom is -0.380 e. The average Bonchev–Trinajstić information content (AvgIpc) is 2.48. The Balaban J connectivity index is 2.85. The maximum Gasteiger partial charge on any atom is 0.0641 e. The van der Waals surface area contributed by atoms with Crippen molar-refractivity contribution in [1.82, 2.24) is 10.3 Å². The molecule has 0 aromatic carbocycles. The lowest BCUT2D eigenvalue weighted by Gasteiger charge is -2.27. The zero-order valence-electron chi connectivity index (χ0n) is 13.8. The van der Waals surface area contributed by atoms with E-state index in [-0.39, 0.29) is 0 Å². The summed E-state index contributed by atoms with van der Waals surface area (Å²) in [5, 5.41) is 3.20. The minimum absolute atomic E-state index is 0.725. The van der Waals surface area contributed by atoms with Crippen LogP contribution in [0.2, 0.25) is 0 Å². The van der Waals surface area contributed by atoms with E-state index >= 15 is 0 Å². The molecule has 0 saturated carbocycles. The second-order valence-electron chi connectivity index (χ2n) is 4.87. The van der Waals surface area contributed by atoms with E-state index in [1.807, 2.05) is 34.0 Å². The number of hydrogen-bond acceptors (Lipinski definition) is 5. The highest BCUT2D eigenvalue weighted by Crippen LogP contribution is 2.20. The number of nitrogens with zero attached hydrogens (tertiary/aromatic N) is 2. The van der Waals surface area contributed by atoms with Gasteiger partial charge in [0, 0.05) is 56.0 Å². The molecule has 0 aliphatic carbocycles. The second-order valence-corrected chi connectivity index (χ2v) is 4.87. The van der Waals surface area contributed by atoms with Gasteiger partial charge in [-0.15, -0.1) is 0 Å². The number of aryl methyl sites for hydroxylation is 1. The van der Waals surface area contributed by atoms with Gasteiger partial charge in [0.25, 0.3) is 0 Å². The van der Waals surface area contributed by atoms with Crippen molar-refractivity contribution in [3.63, 3.8) is 0 Å². The first-order valence-electron chi connectivity index (χ1n) is 7.73. The highest BCUT2D eigenvalue weighted by molar-refractivity contribution is 5.53. The third-order valence-corrected chi connectivity index (χ3v) is 3.23. The summed E-state index contributed by atoms with van der Waals surface area (Å²) in [5.74, 6) is 0. The number of pyridine rings is 1. The first-order chi connectivity index (χ1) is 10.2. The maximum absolute atomic E-state index is 5.51. The van der Waals surface area contributed by atoms with Gasteiger partial charge in [-0.2, -0.15) is 0 Å². The SMILES string of the molecule is CCOCCN(CCOCC)c1cc(C)ncc1CNC. The Morgan fingerprint density at radius 1 is 1.14 bits per heavy atom. The van der Waals surface area contributed by atoms with Crippen molar-refractivity contribution in [2.45, 2.75) is 27.3 Å². The predicted molar refractivity (Wildman–Crippen MR) is 86.9 cm³/mol. The summed E-state index contributed by atoms with van der Waals surface area (Å²) in [6.07, 6.45) is 1.95. The lowest BCUT2D eigenvalue weighted by Crippen LogP contribution is -2.32. The Morgan fingerprint density at radius 2 is 1.76 bits per heavy atom. The zero-order chi connectivity index (χ0) is 15.5. The summed E-state index contributed by atoms with van der Waals surface area (Å²) in [4.78, 5) is 6.73. The van der Waals surface area contributed by atoms with Crippen LogP contribution in [0.15, 0.2) is 12.3 Å². The topological polar surface area (TPSA) is 46.6 Å². The highest BCUT2D eigenvalue weighted by Gasteiger charge is 2.12. The molecule has 0 spiro atoms. The molecule has 1 aromatic rings. The highest BCUT2D eigenvalue weighted by atomic mass is 16.5. The van der Waals surface area contributed by atoms with Crippen LogP contribution in [0.5, 0.6) is 0 Å². The largest absolute Gasteiger partial charge is 0.380 e. The molecule has 0 bridgehead atoms. The summed E-state index contributed by atoms with van der Waals surface area (Å²) < 4.78 is 11.0. The van der Waals surface area contributed by atoms with E-state index in [0.717, 1.165) is 51.8 Å². The quantitative estimate of drug-likeness (QED) is 0.633. The number of nitrogens with one attached hydrogen (secondary N) is 1. The molecular formula is C16H29N3O2.